The molecule has 37 heavy (non-hydrogen) atoms. The molecule has 4 rings (SSSR count). The summed E-state index contributed by atoms with van der Waals surface area (Å²) in [6, 6.07) is 10.7. The van der Waals surface area contributed by atoms with E-state index in [4.69, 9.17) is 0 Å². The van der Waals surface area contributed by atoms with Crippen molar-refractivity contribution in [1.29, 1.82) is 0 Å². The maximum Gasteiger partial charge on any atom is 1.00 e. The third-order valence-corrected chi connectivity index (χ3v) is 5.23. The van der Waals surface area contributed by atoms with Gasteiger partial charge in [0.25, 0.3) is 5.91 Å². The Kier molecular flexibility index (Phi) is 9.73. The molecule has 1 atom stereocenters. The summed E-state index contributed by atoms with van der Waals surface area (Å²) < 4.78 is 39.7. The summed E-state index contributed by atoms with van der Waals surface area (Å²) in [4.78, 5) is 20.0. The van der Waals surface area contributed by atoms with E-state index in [0.717, 1.165) is 35.0 Å². The number of alkyl halides is 3. The summed E-state index contributed by atoms with van der Waals surface area (Å²) in [5.74, 6) is 0.107. The molecule has 0 aliphatic heterocycles. The van der Waals surface area contributed by atoms with Gasteiger partial charge in [0.05, 0.1) is 11.4 Å². The predicted octanol–water partition coefficient (Wildman–Crippen LogP) is 1.91. The Balaban J connectivity index is 0.00000380. The number of benzene rings is 1. The number of aryl methyl sites for hydroxylation is 1. The normalized spacial score (nSPS) is 12.1. The molecule has 0 spiro atoms. The summed E-state index contributed by atoms with van der Waals surface area (Å²) in [7, 11) is 1.85. The third kappa shape index (κ3) is 7.79. The van der Waals surface area contributed by atoms with E-state index in [2.05, 4.69) is 37.2 Å². The van der Waals surface area contributed by atoms with Crippen molar-refractivity contribution in [2.75, 3.05) is 10.6 Å². The first kappa shape index (κ1) is 28.7. The van der Waals surface area contributed by atoms with Gasteiger partial charge in [-0.15, -0.1) is 6.07 Å². The van der Waals surface area contributed by atoms with Crippen LogP contribution >= 0.6 is 0 Å². The predicted molar refractivity (Wildman–Crippen MR) is 129 cm³/mol. The minimum absolute atomic E-state index is 0. The number of anilines is 2. The third-order valence-electron chi connectivity index (χ3n) is 5.23. The molecule has 8 nitrogen and oxygen atoms in total. The summed E-state index contributed by atoms with van der Waals surface area (Å²) in [6.07, 6.45) is 6.33. The Morgan fingerprint density at radius 2 is 1.97 bits per heavy atom. The molecule has 3 N–H and O–H groups in total. The first-order valence-electron chi connectivity index (χ1n) is 10.8. The second kappa shape index (κ2) is 12.6. The van der Waals surface area contributed by atoms with Crippen LogP contribution in [0.3, 0.4) is 0 Å². The van der Waals surface area contributed by atoms with Crippen molar-refractivity contribution >= 4 is 17.4 Å². The van der Waals surface area contributed by atoms with Crippen LogP contribution in [0, 0.1) is 6.20 Å². The van der Waals surface area contributed by atoms with Crippen molar-refractivity contribution < 1.29 is 69.4 Å². The number of aromatic nitrogens is 4. The minimum Gasteiger partial charge on any atom is -0.560 e. The summed E-state index contributed by atoms with van der Waals surface area (Å²) in [5, 5.41) is 13.0. The number of nitrogens with one attached hydrogen (secondary N) is 3. The number of hydrogen-bond donors (Lipinski definition) is 3. The molecule has 3 heterocycles. The average Bonchev–Trinajstić information content (AvgIpc) is 3.50. The largest absolute Gasteiger partial charge is 1.00 e. The fraction of sp³-hybridized carbons (Fsp3) is 0.160. The fourth-order valence-corrected chi connectivity index (χ4v) is 3.31. The second-order valence-corrected chi connectivity index (χ2v) is 7.95. The minimum atomic E-state index is -4.56. The van der Waals surface area contributed by atoms with Crippen LogP contribution in [-0.4, -0.2) is 25.7 Å². The van der Waals surface area contributed by atoms with Crippen LogP contribution in [0.15, 0.2) is 73.5 Å². The molecular weight excluding hydrogens is 510 g/mol. The number of carbonyl (C=O) groups is 1. The quantitative estimate of drug-likeness (QED) is 0.182. The molecule has 1 amide bonds. The molecule has 4 aromatic rings. The van der Waals surface area contributed by atoms with Gasteiger partial charge in [-0.1, -0.05) is 23.9 Å². The Morgan fingerprint density at radius 1 is 1.16 bits per heavy atom. The van der Waals surface area contributed by atoms with E-state index < -0.39 is 17.8 Å². The van der Waals surface area contributed by atoms with Crippen molar-refractivity contribution in [1.82, 2.24) is 25.1 Å². The number of amides is 1. The van der Waals surface area contributed by atoms with Gasteiger partial charge in [0.15, 0.2) is 0 Å². The summed E-state index contributed by atoms with van der Waals surface area (Å²) in [6.45, 7) is 1.92. The van der Waals surface area contributed by atoms with E-state index in [1.54, 1.807) is 41.5 Å². The molecule has 12 heteroatoms. The maximum absolute atomic E-state index is 12.7. The number of hydrogen-bond acceptors (Lipinski definition) is 6. The number of pyridine rings is 1. The van der Waals surface area contributed by atoms with Crippen LogP contribution in [0.2, 0.25) is 0 Å². The van der Waals surface area contributed by atoms with Crippen LogP contribution < -0.4 is 67.3 Å². The first-order valence-corrected chi connectivity index (χ1v) is 10.8. The Hall–Kier alpha value is -2.90. The standard InChI is InChI=1S/C25H22F3N7O.K/c1-16(29-8-9-30-23-11-19(13-32-23)20-14-33-35(2)15-20)17-4-3-5-21(10-17)34-24(36)18-6-7-22(31-12-18)25(26,27)28;/h3-7,9-16,29H,1-2H3,(H,30,32)(H,34,36);/q-2;+1. The average molecular weight is 533 g/mol. The van der Waals surface area contributed by atoms with Crippen LogP contribution in [0.5, 0.6) is 0 Å². The molecule has 0 radical (unpaired) electrons. The molecular formula is C25H22F3KN7O-. The van der Waals surface area contributed by atoms with Gasteiger partial charge in [0.2, 0.25) is 0 Å². The molecule has 0 fully saturated rings. The Labute approximate surface area is 254 Å². The number of carbonyl (C=O) groups excluding carboxylic acids is 1. The van der Waals surface area contributed by atoms with Gasteiger partial charge in [-0.3, -0.25) is 14.5 Å². The molecule has 3 aromatic heterocycles. The van der Waals surface area contributed by atoms with Gasteiger partial charge < -0.3 is 27.1 Å². The Morgan fingerprint density at radius 3 is 2.65 bits per heavy atom. The summed E-state index contributed by atoms with van der Waals surface area (Å²) in [5.41, 5.74) is 2.25. The number of rotatable bonds is 8. The van der Waals surface area contributed by atoms with Gasteiger partial charge in [0.1, 0.15) is 5.69 Å². The van der Waals surface area contributed by atoms with Gasteiger partial charge >= 0.3 is 57.6 Å². The van der Waals surface area contributed by atoms with E-state index in [1.807, 2.05) is 32.3 Å². The maximum atomic E-state index is 12.7. The molecule has 0 saturated carbocycles. The topological polar surface area (TPSA) is 96.8 Å². The van der Waals surface area contributed by atoms with E-state index in [0.29, 0.717) is 11.5 Å². The zero-order chi connectivity index (χ0) is 25.7. The van der Waals surface area contributed by atoms with Gasteiger partial charge in [-0.25, -0.2) is 0 Å². The monoisotopic (exact) mass is 532 g/mol. The first-order chi connectivity index (χ1) is 17.2. The van der Waals surface area contributed by atoms with Crippen LogP contribution in [0.1, 0.15) is 34.6 Å². The fourth-order valence-electron chi connectivity index (χ4n) is 3.31. The molecule has 0 bridgehead atoms. The molecule has 0 saturated heterocycles. The molecule has 0 aliphatic rings. The van der Waals surface area contributed by atoms with E-state index in [9.17, 15) is 18.0 Å². The zero-order valence-corrected chi connectivity index (χ0v) is 23.5. The molecule has 1 unspecified atom stereocenters. The van der Waals surface area contributed by atoms with Crippen molar-refractivity contribution in [2.45, 2.75) is 19.1 Å². The van der Waals surface area contributed by atoms with Crippen molar-refractivity contribution in [3.8, 4) is 11.1 Å². The van der Waals surface area contributed by atoms with Gasteiger partial charge in [-0.05, 0) is 42.9 Å². The van der Waals surface area contributed by atoms with Crippen molar-refractivity contribution in [3.05, 3.63) is 96.5 Å². The van der Waals surface area contributed by atoms with Gasteiger partial charge in [-0.2, -0.15) is 30.0 Å². The summed E-state index contributed by atoms with van der Waals surface area (Å²) >= 11 is 0. The number of nitrogens with zero attached hydrogens (tertiary/aromatic N) is 4. The molecule has 1 aromatic carbocycles. The van der Waals surface area contributed by atoms with Crippen molar-refractivity contribution in [2.24, 2.45) is 7.05 Å². The van der Waals surface area contributed by atoms with Crippen LogP contribution in [0.25, 0.3) is 11.1 Å². The van der Waals surface area contributed by atoms with Crippen molar-refractivity contribution in [3.63, 3.8) is 0 Å². The second-order valence-electron chi connectivity index (χ2n) is 7.95. The molecule has 186 valence electrons. The Bertz CT molecular complexity index is 1360. The smallest absolute Gasteiger partial charge is 0.560 e. The van der Waals surface area contributed by atoms with E-state index >= 15 is 0 Å². The van der Waals surface area contributed by atoms with Gasteiger partial charge in [0, 0.05) is 31.2 Å². The van der Waals surface area contributed by atoms with Crippen LogP contribution in [0.4, 0.5) is 24.7 Å². The number of halogens is 3. The zero-order valence-electron chi connectivity index (χ0n) is 20.3. The SMILES string of the molecule is CC(N[C-]=CNc1[cH-]c(-c2cnn(C)c2)cn1)c1cccc(NC(=O)c2ccc(C(F)(F)F)nc2)c1.[K+]. The van der Waals surface area contributed by atoms with E-state index in [-0.39, 0.29) is 63.0 Å². The van der Waals surface area contributed by atoms with Crippen LogP contribution in [-0.2, 0) is 13.2 Å². The molecule has 0 aliphatic carbocycles. The van der Waals surface area contributed by atoms with E-state index in [1.165, 1.54) is 0 Å².